The molecule has 0 aromatic heterocycles. The van der Waals surface area contributed by atoms with Crippen molar-refractivity contribution in [3.8, 4) is 0 Å². The van der Waals surface area contributed by atoms with Crippen LogP contribution < -0.4 is 5.73 Å². The topological polar surface area (TPSA) is 69.4 Å². The summed E-state index contributed by atoms with van der Waals surface area (Å²) in [4.78, 5) is 0.484. The van der Waals surface area contributed by atoms with E-state index in [1.165, 1.54) is 0 Å². The Bertz CT molecular complexity index is 894. The van der Waals surface area contributed by atoms with Crippen LogP contribution in [0.5, 0.6) is 0 Å². The Kier molecular flexibility index (Phi) is 5.19. The lowest BCUT2D eigenvalue weighted by molar-refractivity contribution is 0.121. The van der Waals surface area contributed by atoms with Gasteiger partial charge in [-0.15, -0.1) is 0 Å². The molecule has 2 N–H and O–H groups in total. The minimum absolute atomic E-state index is 0.195. The van der Waals surface area contributed by atoms with Gasteiger partial charge in [0.05, 0.1) is 27.2 Å². The molecule has 2 aromatic carbocycles. The SMILES string of the molecule is CCOC[C@@]1(C(N)=S)[C@@H](c2ccc(C)cc2)[C@@H]1S(=O)(=O)c1ccccc1. The van der Waals surface area contributed by atoms with Gasteiger partial charge in [0.25, 0.3) is 0 Å². The van der Waals surface area contributed by atoms with E-state index >= 15 is 0 Å². The number of hydrogen-bond acceptors (Lipinski definition) is 4. The molecule has 4 nitrogen and oxygen atoms in total. The predicted molar refractivity (Wildman–Crippen MR) is 107 cm³/mol. The lowest BCUT2D eigenvalue weighted by Crippen LogP contribution is -2.33. The lowest BCUT2D eigenvalue weighted by Gasteiger charge is -2.17. The van der Waals surface area contributed by atoms with Crippen LogP contribution in [0.15, 0.2) is 59.5 Å². The van der Waals surface area contributed by atoms with Gasteiger partial charge in [-0.05, 0) is 31.5 Å². The number of aryl methyl sites for hydroxylation is 1. The largest absolute Gasteiger partial charge is 0.393 e. The average Bonchev–Trinajstić information content (AvgIpc) is 3.33. The smallest absolute Gasteiger partial charge is 0.182 e. The molecular formula is C20H23NO3S2. The number of sulfone groups is 1. The zero-order chi connectivity index (χ0) is 18.9. The molecule has 1 saturated carbocycles. The number of ether oxygens (including phenoxy) is 1. The van der Waals surface area contributed by atoms with Crippen LogP contribution in [-0.4, -0.2) is 31.9 Å². The first-order valence-electron chi connectivity index (χ1n) is 8.59. The Morgan fingerprint density at radius 3 is 2.31 bits per heavy atom. The van der Waals surface area contributed by atoms with E-state index in [-0.39, 0.29) is 22.4 Å². The van der Waals surface area contributed by atoms with Crippen LogP contribution in [0.1, 0.15) is 24.0 Å². The molecule has 2 aromatic rings. The van der Waals surface area contributed by atoms with E-state index < -0.39 is 20.5 Å². The second-order valence-electron chi connectivity index (χ2n) is 6.71. The third-order valence-electron chi connectivity index (χ3n) is 5.10. The van der Waals surface area contributed by atoms with E-state index in [1.54, 1.807) is 30.3 Å². The summed E-state index contributed by atoms with van der Waals surface area (Å²) in [6.45, 7) is 4.55. The molecule has 0 bridgehead atoms. The molecule has 0 amide bonds. The standard InChI is InChI=1S/C20H23NO3S2/c1-3-24-13-20(19(21)25)17(15-11-9-14(2)10-12-15)18(20)26(22,23)16-7-5-4-6-8-16/h4-12,17-18H,3,13H2,1-2H3,(H2,21,25)/t17-,18-,20+/m0/s1. The van der Waals surface area contributed by atoms with Crippen LogP contribution in [-0.2, 0) is 14.6 Å². The molecule has 138 valence electrons. The molecule has 26 heavy (non-hydrogen) atoms. The highest BCUT2D eigenvalue weighted by Gasteiger charge is 2.73. The fourth-order valence-corrected chi connectivity index (χ4v) is 6.46. The third kappa shape index (κ3) is 3.06. The summed E-state index contributed by atoms with van der Waals surface area (Å²) in [5, 5.41) is -0.718. The van der Waals surface area contributed by atoms with Gasteiger partial charge >= 0.3 is 0 Å². The van der Waals surface area contributed by atoms with Crippen molar-refractivity contribution in [2.24, 2.45) is 11.1 Å². The summed E-state index contributed by atoms with van der Waals surface area (Å²) in [6, 6.07) is 16.3. The molecule has 3 atom stereocenters. The van der Waals surface area contributed by atoms with E-state index in [2.05, 4.69) is 0 Å². The monoisotopic (exact) mass is 389 g/mol. The highest BCUT2D eigenvalue weighted by Crippen LogP contribution is 2.64. The van der Waals surface area contributed by atoms with E-state index in [0.717, 1.165) is 11.1 Å². The minimum atomic E-state index is -3.60. The summed E-state index contributed by atoms with van der Waals surface area (Å²) in [5.41, 5.74) is 7.24. The van der Waals surface area contributed by atoms with E-state index in [1.807, 2.05) is 38.1 Å². The van der Waals surface area contributed by atoms with Crippen molar-refractivity contribution in [3.63, 3.8) is 0 Å². The Morgan fingerprint density at radius 1 is 1.15 bits per heavy atom. The van der Waals surface area contributed by atoms with Gasteiger partial charge in [-0.1, -0.05) is 60.2 Å². The Hall–Kier alpha value is -1.76. The number of benzene rings is 2. The maximum Gasteiger partial charge on any atom is 0.182 e. The Morgan fingerprint density at radius 2 is 1.77 bits per heavy atom. The van der Waals surface area contributed by atoms with Crippen LogP contribution in [0, 0.1) is 12.3 Å². The van der Waals surface area contributed by atoms with Crippen LogP contribution >= 0.6 is 12.2 Å². The van der Waals surface area contributed by atoms with Gasteiger partial charge in [-0.3, -0.25) is 0 Å². The summed E-state index contributed by atoms with van der Waals surface area (Å²) >= 11 is 5.34. The zero-order valence-corrected chi connectivity index (χ0v) is 16.5. The molecule has 0 spiro atoms. The maximum atomic E-state index is 13.4. The molecule has 6 heteroatoms. The molecule has 1 fully saturated rings. The van der Waals surface area contributed by atoms with Crippen molar-refractivity contribution in [2.75, 3.05) is 13.2 Å². The predicted octanol–water partition coefficient (Wildman–Crippen LogP) is 3.24. The van der Waals surface area contributed by atoms with Crippen molar-refractivity contribution in [1.29, 1.82) is 0 Å². The average molecular weight is 390 g/mol. The van der Waals surface area contributed by atoms with Gasteiger partial charge in [0.2, 0.25) is 0 Å². The maximum absolute atomic E-state index is 13.4. The number of hydrogen-bond donors (Lipinski definition) is 1. The normalized spacial score (nSPS) is 25.0. The number of thiocarbonyl (C=S) groups is 1. The van der Waals surface area contributed by atoms with E-state index in [0.29, 0.717) is 6.61 Å². The highest BCUT2D eigenvalue weighted by molar-refractivity contribution is 7.92. The summed E-state index contributed by atoms with van der Waals surface area (Å²) in [7, 11) is -3.60. The molecule has 0 saturated heterocycles. The first-order valence-corrected chi connectivity index (χ1v) is 10.5. The summed E-state index contributed by atoms with van der Waals surface area (Å²) < 4.78 is 32.3. The number of nitrogens with two attached hydrogens (primary N) is 1. The second-order valence-corrected chi connectivity index (χ2v) is 9.22. The highest BCUT2D eigenvalue weighted by atomic mass is 32.2. The molecule has 0 unspecified atom stereocenters. The molecular weight excluding hydrogens is 366 g/mol. The van der Waals surface area contributed by atoms with Crippen LogP contribution in [0.25, 0.3) is 0 Å². The first-order chi connectivity index (χ1) is 12.4. The fraction of sp³-hybridized carbons (Fsp3) is 0.350. The number of rotatable bonds is 7. The molecule has 0 radical (unpaired) electrons. The fourth-order valence-electron chi connectivity index (χ4n) is 3.67. The molecule has 0 heterocycles. The van der Waals surface area contributed by atoms with Crippen LogP contribution in [0.2, 0.25) is 0 Å². The van der Waals surface area contributed by atoms with Crippen LogP contribution in [0.4, 0.5) is 0 Å². The third-order valence-corrected chi connectivity index (χ3v) is 7.77. The van der Waals surface area contributed by atoms with Crippen LogP contribution in [0.3, 0.4) is 0 Å². The van der Waals surface area contributed by atoms with Crippen molar-refractivity contribution < 1.29 is 13.2 Å². The van der Waals surface area contributed by atoms with Gasteiger partial charge in [0, 0.05) is 12.5 Å². The molecule has 1 aliphatic rings. The van der Waals surface area contributed by atoms with Crippen molar-refractivity contribution in [1.82, 2.24) is 0 Å². The first kappa shape index (κ1) is 19.0. The molecule has 0 aliphatic heterocycles. The minimum Gasteiger partial charge on any atom is -0.393 e. The molecule has 1 aliphatic carbocycles. The van der Waals surface area contributed by atoms with Gasteiger partial charge in [0.1, 0.15) is 0 Å². The van der Waals surface area contributed by atoms with E-state index in [4.69, 9.17) is 22.7 Å². The van der Waals surface area contributed by atoms with Gasteiger partial charge in [-0.25, -0.2) is 8.42 Å². The summed E-state index contributed by atoms with van der Waals surface area (Å²) in [6.07, 6.45) is 0. The van der Waals surface area contributed by atoms with Crippen molar-refractivity contribution in [2.45, 2.75) is 29.9 Å². The van der Waals surface area contributed by atoms with Gasteiger partial charge in [0.15, 0.2) is 9.84 Å². The quantitative estimate of drug-likeness (QED) is 0.736. The van der Waals surface area contributed by atoms with Gasteiger partial charge in [-0.2, -0.15) is 0 Å². The van der Waals surface area contributed by atoms with Crippen molar-refractivity contribution in [3.05, 3.63) is 65.7 Å². The second kappa shape index (κ2) is 7.10. The zero-order valence-electron chi connectivity index (χ0n) is 14.9. The Balaban J connectivity index is 2.10. The summed E-state index contributed by atoms with van der Waals surface area (Å²) in [5.74, 6) is -0.308. The molecule has 3 rings (SSSR count). The van der Waals surface area contributed by atoms with Crippen molar-refractivity contribution >= 4 is 27.0 Å². The Labute approximate surface area is 160 Å². The lowest BCUT2D eigenvalue weighted by atomic mass is 9.99. The van der Waals surface area contributed by atoms with E-state index in [9.17, 15) is 8.42 Å². The van der Waals surface area contributed by atoms with Gasteiger partial charge < -0.3 is 10.5 Å².